The summed E-state index contributed by atoms with van der Waals surface area (Å²) in [5.74, 6) is 2.09. The number of hydrogen-bond acceptors (Lipinski definition) is 3. The molecule has 0 atom stereocenters. The molecule has 1 aliphatic heterocycles. The predicted octanol–water partition coefficient (Wildman–Crippen LogP) is 1.54. The number of amides is 2. The second kappa shape index (κ2) is 7.11. The Labute approximate surface area is 108 Å². The van der Waals surface area contributed by atoms with Gasteiger partial charge in [-0.25, -0.2) is 4.79 Å². The summed E-state index contributed by atoms with van der Waals surface area (Å²) in [7, 11) is 0. The van der Waals surface area contributed by atoms with E-state index in [1.165, 1.54) is 0 Å². The molecule has 2 N–H and O–H groups in total. The van der Waals surface area contributed by atoms with Crippen LogP contribution in [0, 0.1) is 5.41 Å². The lowest BCUT2D eigenvalue weighted by Gasteiger charge is -2.27. The molecule has 0 unspecified atom stereocenters. The largest absolute Gasteiger partial charge is 0.396 e. The topological polar surface area (TPSA) is 52.6 Å². The van der Waals surface area contributed by atoms with E-state index < -0.39 is 0 Å². The van der Waals surface area contributed by atoms with Crippen LogP contribution in [0.1, 0.15) is 26.7 Å². The summed E-state index contributed by atoms with van der Waals surface area (Å²) in [6.07, 6.45) is 1.85. The summed E-state index contributed by atoms with van der Waals surface area (Å²) in [5, 5.41) is 12.1. The highest BCUT2D eigenvalue weighted by molar-refractivity contribution is 7.99. The second-order valence-corrected chi connectivity index (χ2v) is 6.48. The Morgan fingerprint density at radius 2 is 2.06 bits per heavy atom. The van der Waals surface area contributed by atoms with Crippen LogP contribution >= 0.6 is 11.8 Å². The Hall–Kier alpha value is -0.420. The first-order valence-electron chi connectivity index (χ1n) is 6.26. The fraction of sp³-hybridized carbons (Fsp3) is 0.917. The standard InChI is InChI=1S/C12H24N2O2S/c1-12(2,10-15)4-3-5-13-11(16)14-6-8-17-9-7-14/h15H,3-10H2,1-2H3,(H,13,16). The van der Waals surface area contributed by atoms with Crippen LogP contribution in [0.5, 0.6) is 0 Å². The summed E-state index contributed by atoms with van der Waals surface area (Å²) in [4.78, 5) is 13.6. The highest BCUT2D eigenvalue weighted by Gasteiger charge is 2.18. The molecular weight excluding hydrogens is 236 g/mol. The average Bonchev–Trinajstić information content (AvgIpc) is 2.35. The van der Waals surface area contributed by atoms with Crippen LogP contribution in [0.25, 0.3) is 0 Å². The van der Waals surface area contributed by atoms with Gasteiger partial charge in [-0.1, -0.05) is 13.8 Å². The van der Waals surface area contributed by atoms with E-state index in [1.54, 1.807) is 0 Å². The zero-order chi connectivity index (χ0) is 12.7. The monoisotopic (exact) mass is 260 g/mol. The van der Waals surface area contributed by atoms with Crippen molar-refractivity contribution in [2.24, 2.45) is 5.41 Å². The van der Waals surface area contributed by atoms with E-state index in [4.69, 9.17) is 5.11 Å². The van der Waals surface area contributed by atoms with Crippen molar-refractivity contribution in [1.82, 2.24) is 10.2 Å². The minimum Gasteiger partial charge on any atom is -0.396 e. The first-order chi connectivity index (χ1) is 8.05. The van der Waals surface area contributed by atoms with Gasteiger partial charge in [-0.15, -0.1) is 0 Å². The lowest BCUT2D eigenvalue weighted by atomic mass is 9.89. The van der Waals surface area contributed by atoms with Crippen molar-refractivity contribution in [3.8, 4) is 0 Å². The Morgan fingerprint density at radius 1 is 1.41 bits per heavy atom. The van der Waals surface area contributed by atoms with E-state index in [9.17, 15) is 4.79 Å². The highest BCUT2D eigenvalue weighted by Crippen LogP contribution is 2.20. The number of thioether (sulfide) groups is 1. The van der Waals surface area contributed by atoms with Gasteiger partial charge in [0.2, 0.25) is 0 Å². The number of hydrogen-bond donors (Lipinski definition) is 2. The van der Waals surface area contributed by atoms with Gasteiger partial charge in [0, 0.05) is 37.7 Å². The zero-order valence-electron chi connectivity index (χ0n) is 10.9. The molecule has 1 rings (SSSR count). The molecule has 0 aromatic carbocycles. The normalized spacial score (nSPS) is 17.0. The summed E-state index contributed by atoms with van der Waals surface area (Å²) in [6.45, 7) is 6.70. The quantitative estimate of drug-likeness (QED) is 0.737. The molecule has 1 saturated heterocycles. The SMILES string of the molecule is CC(C)(CO)CCCNC(=O)N1CCSCC1. The van der Waals surface area contributed by atoms with Gasteiger partial charge in [0.05, 0.1) is 0 Å². The zero-order valence-corrected chi connectivity index (χ0v) is 11.7. The maximum atomic E-state index is 11.7. The van der Waals surface area contributed by atoms with E-state index in [0.717, 1.165) is 37.4 Å². The van der Waals surface area contributed by atoms with Gasteiger partial charge in [-0.2, -0.15) is 11.8 Å². The number of aliphatic hydroxyl groups excluding tert-OH is 1. The highest BCUT2D eigenvalue weighted by atomic mass is 32.2. The number of nitrogens with one attached hydrogen (secondary N) is 1. The van der Waals surface area contributed by atoms with Crippen LogP contribution in [0.2, 0.25) is 0 Å². The molecule has 17 heavy (non-hydrogen) atoms. The molecule has 0 spiro atoms. The first kappa shape index (κ1) is 14.6. The van der Waals surface area contributed by atoms with Crippen LogP contribution in [-0.2, 0) is 0 Å². The van der Waals surface area contributed by atoms with Crippen LogP contribution in [0.4, 0.5) is 4.79 Å². The fourth-order valence-corrected chi connectivity index (χ4v) is 2.62. The van der Waals surface area contributed by atoms with Gasteiger partial charge in [0.1, 0.15) is 0 Å². The molecule has 5 heteroatoms. The minimum absolute atomic E-state index is 0.0352. The molecule has 100 valence electrons. The molecule has 1 heterocycles. The summed E-state index contributed by atoms with van der Waals surface area (Å²) >= 11 is 1.90. The lowest BCUT2D eigenvalue weighted by molar-refractivity contribution is 0.147. The maximum Gasteiger partial charge on any atom is 0.317 e. The van der Waals surface area contributed by atoms with Gasteiger partial charge in [-0.05, 0) is 18.3 Å². The Balaban J connectivity index is 2.11. The Bertz CT molecular complexity index is 241. The first-order valence-corrected chi connectivity index (χ1v) is 7.42. The molecule has 0 radical (unpaired) electrons. The third kappa shape index (κ3) is 5.64. The number of rotatable bonds is 5. The maximum absolute atomic E-state index is 11.7. The Morgan fingerprint density at radius 3 is 2.65 bits per heavy atom. The molecule has 2 amide bonds. The molecule has 0 saturated carbocycles. The molecule has 0 aromatic rings. The van der Waals surface area contributed by atoms with Crippen molar-refractivity contribution < 1.29 is 9.90 Å². The Kier molecular flexibility index (Phi) is 6.12. The van der Waals surface area contributed by atoms with Crippen LogP contribution in [-0.4, -0.2) is 53.8 Å². The summed E-state index contributed by atoms with van der Waals surface area (Å²) in [6, 6.07) is 0.0621. The molecule has 0 aliphatic carbocycles. The molecule has 0 aromatic heterocycles. The number of nitrogens with zero attached hydrogens (tertiary/aromatic N) is 1. The van der Waals surface area contributed by atoms with Gasteiger partial charge in [0.25, 0.3) is 0 Å². The van der Waals surface area contributed by atoms with Crippen molar-refractivity contribution in [2.75, 3.05) is 37.7 Å². The second-order valence-electron chi connectivity index (χ2n) is 5.26. The van der Waals surface area contributed by atoms with Crippen LogP contribution < -0.4 is 5.32 Å². The third-order valence-electron chi connectivity index (χ3n) is 3.03. The predicted molar refractivity (Wildman–Crippen MR) is 72.4 cm³/mol. The van der Waals surface area contributed by atoms with Crippen molar-refractivity contribution in [1.29, 1.82) is 0 Å². The molecule has 1 fully saturated rings. The van der Waals surface area contributed by atoms with E-state index in [0.29, 0.717) is 6.54 Å². The van der Waals surface area contributed by atoms with Crippen LogP contribution in [0.15, 0.2) is 0 Å². The fourth-order valence-electron chi connectivity index (χ4n) is 1.72. The number of urea groups is 1. The third-order valence-corrected chi connectivity index (χ3v) is 3.98. The number of carbonyl (C=O) groups is 1. The van der Waals surface area contributed by atoms with Crippen LogP contribution in [0.3, 0.4) is 0 Å². The molecule has 1 aliphatic rings. The summed E-state index contributed by atoms with van der Waals surface area (Å²) in [5.41, 5.74) is -0.0352. The minimum atomic E-state index is -0.0352. The van der Waals surface area contributed by atoms with Gasteiger partial charge in [-0.3, -0.25) is 0 Å². The lowest BCUT2D eigenvalue weighted by Crippen LogP contribution is -2.44. The number of carbonyl (C=O) groups excluding carboxylic acids is 1. The van der Waals surface area contributed by atoms with E-state index in [-0.39, 0.29) is 18.1 Å². The molecule has 4 nitrogen and oxygen atoms in total. The molecular formula is C12H24N2O2S. The van der Waals surface area contributed by atoms with Gasteiger partial charge >= 0.3 is 6.03 Å². The van der Waals surface area contributed by atoms with E-state index >= 15 is 0 Å². The van der Waals surface area contributed by atoms with Crippen molar-refractivity contribution in [3.63, 3.8) is 0 Å². The van der Waals surface area contributed by atoms with Crippen molar-refractivity contribution >= 4 is 17.8 Å². The summed E-state index contributed by atoms with van der Waals surface area (Å²) < 4.78 is 0. The van der Waals surface area contributed by atoms with Crippen molar-refractivity contribution in [3.05, 3.63) is 0 Å². The molecule has 0 bridgehead atoms. The smallest absolute Gasteiger partial charge is 0.317 e. The average molecular weight is 260 g/mol. The number of aliphatic hydroxyl groups is 1. The van der Waals surface area contributed by atoms with Crippen molar-refractivity contribution in [2.45, 2.75) is 26.7 Å². The van der Waals surface area contributed by atoms with Gasteiger partial charge in [0.15, 0.2) is 0 Å². The van der Waals surface area contributed by atoms with E-state index in [1.807, 2.05) is 30.5 Å². The van der Waals surface area contributed by atoms with E-state index in [2.05, 4.69) is 5.32 Å². The van der Waals surface area contributed by atoms with Gasteiger partial charge < -0.3 is 15.3 Å².